The van der Waals surface area contributed by atoms with Crippen molar-refractivity contribution in [2.45, 2.75) is 6.82 Å². The second kappa shape index (κ2) is 5.47. The van der Waals surface area contributed by atoms with E-state index in [1.165, 1.54) is 22.1 Å². The van der Waals surface area contributed by atoms with E-state index >= 15 is 0 Å². The number of benzene rings is 2. The van der Waals surface area contributed by atoms with Crippen LogP contribution in [0.4, 0.5) is 0 Å². The molecule has 2 heterocycles. The molecule has 0 unspecified atom stereocenters. The van der Waals surface area contributed by atoms with E-state index in [0.717, 1.165) is 5.59 Å². The van der Waals surface area contributed by atoms with Crippen LogP contribution in [0.5, 0.6) is 0 Å². The highest BCUT2D eigenvalue weighted by atomic mass is 14.8. The number of fused-ring (bicyclic) bond motifs is 3. The predicted octanol–water partition coefficient (Wildman–Crippen LogP) is 1.29. The lowest BCUT2D eigenvalue weighted by Gasteiger charge is -2.16. The summed E-state index contributed by atoms with van der Waals surface area (Å²) < 4.78 is 0. The first-order valence-electron chi connectivity index (χ1n) is 7.70. The van der Waals surface area contributed by atoms with Crippen LogP contribution < -0.4 is 21.7 Å². The van der Waals surface area contributed by atoms with Gasteiger partial charge in [-0.05, 0) is 28.7 Å². The van der Waals surface area contributed by atoms with Gasteiger partial charge in [0, 0.05) is 11.8 Å². The average molecular weight is 282 g/mol. The van der Waals surface area contributed by atoms with Gasteiger partial charge in [0.05, 0.1) is 0 Å². The van der Waals surface area contributed by atoms with Crippen molar-refractivity contribution in [2.75, 3.05) is 0 Å². The van der Waals surface area contributed by atoms with Crippen molar-refractivity contribution in [3.63, 3.8) is 0 Å². The fourth-order valence-electron chi connectivity index (χ4n) is 3.33. The van der Waals surface area contributed by atoms with E-state index in [0.29, 0.717) is 0 Å². The van der Waals surface area contributed by atoms with Crippen LogP contribution in [-0.4, -0.2) is 18.7 Å². The van der Waals surface area contributed by atoms with Gasteiger partial charge >= 0.3 is 6.85 Å². The molecule has 3 aromatic rings. The Morgan fingerprint density at radius 1 is 0.773 bits per heavy atom. The third-order valence-corrected chi connectivity index (χ3v) is 4.39. The summed E-state index contributed by atoms with van der Waals surface area (Å²) in [7, 11) is 0. The summed E-state index contributed by atoms with van der Waals surface area (Å²) >= 11 is 0. The van der Waals surface area contributed by atoms with E-state index in [1.807, 2.05) is 12.3 Å². The summed E-state index contributed by atoms with van der Waals surface area (Å²) in [4.78, 5) is 4.58. The number of aromatic nitrogens is 1. The van der Waals surface area contributed by atoms with Crippen LogP contribution in [-0.2, 0) is 0 Å². The van der Waals surface area contributed by atoms with Crippen LogP contribution in [0, 0.1) is 0 Å². The largest absolute Gasteiger partial charge is 0.385 e. The number of pyridine rings is 1. The van der Waals surface area contributed by atoms with Gasteiger partial charge in [0.1, 0.15) is 0 Å². The zero-order valence-corrected chi connectivity index (χ0v) is 12.5. The molecule has 0 spiro atoms. The molecule has 0 radical (unpaired) electrons. The summed E-state index contributed by atoms with van der Waals surface area (Å²) in [6.07, 6.45) is 1.86. The quantitative estimate of drug-likeness (QED) is 0.680. The summed E-state index contributed by atoms with van der Waals surface area (Å²) in [6.45, 7) is 2.61. The van der Waals surface area contributed by atoms with Gasteiger partial charge in [-0.15, -0.1) is 0 Å². The lowest BCUT2D eigenvalue weighted by Crippen LogP contribution is -2.60. The molecule has 0 bridgehead atoms. The second-order valence-corrected chi connectivity index (χ2v) is 5.75. The van der Waals surface area contributed by atoms with Crippen molar-refractivity contribution >= 4 is 30.2 Å². The molecule has 0 aliphatic carbocycles. The highest BCUT2D eigenvalue weighted by molar-refractivity contribution is 6.94. The van der Waals surface area contributed by atoms with Gasteiger partial charge in [0.25, 0.3) is 0 Å². The minimum Gasteiger partial charge on any atom is -0.385 e. The maximum Gasteiger partial charge on any atom is 0.300 e. The van der Waals surface area contributed by atoms with Gasteiger partial charge in [0.2, 0.25) is 6.85 Å². The smallest absolute Gasteiger partial charge is 0.300 e. The molecule has 1 aromatic heterocycles. The van der Waals surface area contributed by atoms with Gasteiger partial charge in [-0.2, -0.15) is 0 Å². The van der Waals surface area contributed by atoms with E-state index in [1.54, 1.807) is 0 Å². The minimum absolute atomic E-state index is 0.111. The molecule has 0 saturated heterocycles. The Balaban J connectivity index is 1.95. The molecule has 1 N–H and O–H groups in total. The molecule has 2 aromatic carbocycles. The third-order valence-electron chi connectivity index (χ3n) is 4.39. The summed E-state index contributed by atoms with van der Waals surface area (Å²) in [6, 6.07) is 23.4. The van der Waals surface area contributed by atoms with E-state index in [2.05, 4.69) is 77.6 Å². The first-order valence-corrected chi connectivity index (χ1v) is 7.70. The number of nitrogens with zero attached hydrogens (tertiary/aromatic N) is 1. The van der Waals surface area contributed by atoms with Crippen molar-refractivity contribution < 1.29 is 0 Å². The van der Waals surface area contributed by atoms with Gasteiger partial charge < -0.3 is 5.14 Å². The number of hydrogen-bond acceptors (Lipinski definition) is 2. The second-order valence-electron chi connectivity index (χ2n) is 5.75. The lowest BCUT2D eigenvalue weighted by atomic mass is 9.45. The van der Waals surface area contributed by atoms with E-state index in [4.69, 9.17) is 0 Å². The number of rotatable bonds is 1. The Kier molecular flexibility index (Phi) is 3.32. The van der Waals surface area contributed by atoms with Crippen LogP contribution >= 0.6 is 0 Å². The normalized spacial score (nSPS) is 13.3. The number of nitrogens with one attached hydrogen (secondary N) is 1. The Morgan fingerprint density at radius 3 is 2.14 bits per heavy atom. The molecule has 0 atom stereocenters. The summed E-state index contributed by atoms with van der Waals surface area (Å²) in [5.41, 5.74) is 6.31. The fourth-order valence-corrected chi connectivity index (χ4v) is 3.33. The Hall–Kier alpha value is -2.32. The molecule has 0 saturated carbocycles. The zero-order valence-electron chi connectivity index (χ0n) is 12.5. The van der Waals surface area contributed by atoms with E-state index in [-0.39, 0.29) is 13.7 Å². The molecule has 4 rings (SSSR count). The standard InChI is InChI=1S/C18H16B2N2/c1-19-16-10-4-2-8-14(16)15-9-3-5-11-17(15)20(22-19)18-12-6-7-13-21-18/h2-13,22H,1H3. The first kappa shape index (κ1) is 13.4. The third kappa shape index (κ3) is 2.16. The highest BCUT2D eigenvalue weighted by Crippen LogP contribution is 2.18. The Morgan fingerprint density at radius 2 is 1.41 bits per heavy atom. The molecule has 1 aliphatic heterocycles. The lowest BCUT2D eigenvalue weighted by molar-refractivity contribution is 1.36. The monoisotopic (exact) mass is 282 g/mol. The van der Waals surface area contributed by atoms with Crippen molar-refractivity contribution in [1.82, 2.24) is 10.1 Å². The van der Waals surface area contributed by atoms with Crippen LogP contribution in [0.25, 0.3) is 11.1 Å². The van der Waals surface area contributed by atoms with Crippen LogP contribution in [0.15, 0.2) is 72.9 Å². The molecule has 4 heteroatoms. The maximum atomic E-state index is 4.58. The fraction of sp³-hybridized carbons (Fsp3) is 0.0556. The van der Waals surface area contributed by atoms with Crippen molar-refractivity contribution in [2.24, 2.45) is 0 Å². The van der Waals surface area contributed by atoms with Crippen LogP contribution in [0.2, 0.25) is 6.82 Å². The van der Waals surface area contributed by atoms with Gasteiger partial charge in [0.15, 0.2) is 0 Å². The number of hydrogen-bond donors (Lipinski definition) is 1. The van der Waals surface area contributed by atoms with Gasteiger partial charge in [-0.1, -0.05) is 66.9 Å². The Labute approximate surface area is 131 Å². The van der Waals surface area contributed by atoms with Crippen molar-refractivity contribution in [1.29, 1.82) is 0 Å². The van der Waals surface area contributed by atoms with Gasteiger partial charge in [-0.3, -0.25) is 4.98 Å². The molecule has 0 amide bonds. The molecule has 2 nitrogen and oxygen atoms in total. The van der Waals surface area contributed by atoms with Crippen molar-refractivity contribution in [3.8, 4) is 11.1 Å². The molecule has 104 valence electrons. The van der Waals surface area contributed by atoms with Crippen molar-refractivity contribution in [3.05, 3.63) is 72.9 Å². The van der Waals surface area contributed by atoms with E-state index < -0.39 is 0 Å². The van der Waals surface area contributed by atoms with E-state index in [9.17, 15) is 0 Å². The molecule has 1 aliphatic rings. The minimum atomic E-state index is 0.111. The maximum absolute atomic E-state index is 4.58. The predicted molar refractivity (Wildman–Crippen MR) is 95.5 cm³/mol. The SMILES string of the molecule is CB1NB(c2ccccn2)c2ccccc2-c2ccccc21. The van der Waals surface area contributed by atoms with Gasteiger partial charge in [-0.25, -0.2) is 0 Å². The highest BCUT2D eigenvalue weighted by Gasteiger charge is 2.31. The molecular formula is C18H16B2N2. The van der Waals surface area contributed by atoms with Crippen LogP contribution in [0.3, 0.4) is 0 Å². The Bertz CT molecular complexity index is 805. The first-order chi connectivity index (χ1) is 10.8. The molecule has 0 fully saturated rings. The average Bonchev–Trinajstić information content (AvgIpc) is 2.72. The summed E-state index contributed by atoms with van der Waals surface area (Å²) in [5.74, 6) is 0. The molecule has 22 heavy (non-hydrogen) atoms. The summed E-state index contributed by atoms with van der Waals surface area (Å²) in [5, 5.41) is 3.74. The topological polar surface area (TPSA) is 24.9 Å². The zero-order chi connectivity index (χ0) is 14.9. The van der Waals surface area contributed by atoms with Crippen LogP contribution in [0.1, 0.15) is 0 Å². The molecular weight excluding hydrogens is 266 g/mol.